The Labute approximate surface area is 99.4 Å². The molecule has 0 bridgehead atoms. The molecule has 3 heteroatoms. The molecule has 3 atom stereocenters. The Bertz CT molecular complexity index is 228. The second-order valence-corrected chi connectivity index (χ2v) is 5.18. The van der Waals surface area contributed by atoms with Crippen molar-refractivity contribution in [1.29, 1.82) is 0 Å². The minimum atomic E-state index is -0.0438. The highest BCUT2D eigenvalue weighted by atomic mass is 16.2. The van der Waals surface area contributed by atoms with E-state index in [1.165, 1.54) is 12.8 Å². The topological polar surface area (TPSA) is 46.3 Å². The Morgan fingerprint density at radius 3 is 2.62 bits per heavy atom. The van der Waals surface area contributed by atoms with Crippen molar-refractivity contribution in [2.24, 2.45) is 17.6 Å². The van der Waals surface area contributed by atoms with E-state index in [1.54, 1.807) is 0 Å². The van der Waals surface area contributed by atoms with Crippen LogP contribution in [0.1, 0.15) is 46.5 Å². The summed E-state index contributed by atoms with van der Waals surface area (Å²) >= 11 is 0. The molecule has 94 valence electrons. The quantitative estimate of drug-likeness (QED) is 0.800. The molecule has 1 rings (SSSR count). The number of likely N-dealkylation sites (tertiary alicyclic amines) is 1. The minimum Gasteiger partial charge on any atom is -0.342 e. The van der Waals surface area contributed by atoms with Crippen molar-refractivity contribution in [2.75, 3.05) is 13.1 Å². The summed E-state index contributed by atoms with van der Waals surface area (Å²) in [4.78, 5) is 14.2. The Kier molecular flexibility index (Phi) is 5.26. The van der Waals surface area contributed by atoms with Crippen LogP contribution in [0.2, 0.25) is 0 Å². The summed E-state index contributed by atoms with van der Waals surface area (Å²) in [5.74, 6) is 1.01. The highest BCUT2D eigenvalue weighted by Crippen LogP contribution is 2.21. The standard InChI is InChI=1S/C13H26N2O/c1-4-12-6-5-8-15(9-7-12)13(16)10(2)11(3)14/h10-12H,4-9,14H2,1-3H3. The van der Waals surface area contributed by atoms with Crippen LogP contribution in [0.15, 0.2) is 0 Å². The Balaban J connectivity index is 2.51. The molecule has 1 heterocycles. The molecule has 1 amide bonds. The van der Waals surface area contributed by atoms with E-state index >= 15 is 0 Å². The van der Waals surface area contributed by atoms with Gasteiger partial charge in [0.25, 0.3) is 0 Å². The van der Waals surface area contributed by atoms with E-state index in [0.717, 1.165) is 31.8 Å². The normalized spacial score (nSPS) is 26.0. The maximum absolute atomic E-state index is 12.1. The summed E-state index contributed by atoms with van der Waals surface area (Å²) in [6, 6.07) is -0.0438. The van der Waals surface area contributed by atoms with Crippen molar-refractivity contribution in [1.82, 2.24) is 4.90 Å². The lowest BCUT2D eigenvalue weighted by molar-refractivity contribution is -0.135. The fourth-order valence-corrected chi connectivity index (χ4v) is 2.31. The monoisotopic (exact) mass is 226 g/mol. The zero-order valence-corrected chi connectivity index (χ0v) is 10.9. The molecule has 16 heavy (non-hydrogen) atoms. The Morgan fingerprint density at radius 2 is 2.06 bits per heavy atom. The van der Waals surface area contributed by atoms with Crippen LogP contribution in [-0.4, -0.2) is 29.9 Å². The van der Waals surface area contributed by atoms with Crippen molar-refractivity contribution in [3.8, 4) is 0 Å². The number of amides is 1. The molecule has 0 spiro atoms. The molecule has 1 aliphatic heterocycles. The molecule has 0 saturated carbocycles. The SMILES string of the molecule is CCC1CCCN(C(=O)C(C)C(C)N)CC1. The predicted octanol–water partition coefficient (Wildman–Crippen LogP) is 2.01. The predicted molar refractivity (Wildman–Crippen MR) is 67.0 cm³/mol. The number of hydrogen-bond donors (Lipinski definition) is 1. The highest BCUT2D eigenvalue weighted by molar-refractivity contribution is 5.79. The van der Waals surface area contributed by atoms with Gasteiger partial charge in [0.05, 0.1) is 5.92 Å². The fourth-order valence-electron chi connectivity index (χ4n) is 2.31. The minimum absolute atomic E-state index is 0.0434. The number of nitrogens with two attached hydrogens (primary N) is 1. The van der Waals surface area contributed by atoms with Gasteiger partial charge in [-0.05, 0) is 32.1 Å². The van der Waals surface area contributed by atoms with Gasteiger partial charge in [-0.15, -0.1) is 0 Å². The largest absolute Gasteiger partial charge is 0.342 e. The summed E-state index contributed by atoms with van der Waals surface area (Å²) in [5, 5.41) is 0. The Morgan fingerprint density at radius 1 is 1.38 bits per heavy atom. The maximum Gasteiger partial charge on any atom is 0.226 e. The zero-order chi connectivity index (χ0) is 12.1. The van der Waals surface area contributed by atoms with Crippen molar-refractivity contribution in [3.05, 3.63) is 0 Å². The number of hydrogen-bond acceptors (Lipinski definition) is 2. The van der Waals surface area contributed by atoms with Crippen LogP contribution in [0.4, 0.5) is 0 Å². The summed E-state index contributed by atoms with van der Waals surface area (Å²) in [7, 11) is 0. The number of nitrogens with zero attached hydrogens (tertiary/aromatic N) is 1. The first kappa shape index (κ1) is 13.5. The third-order valence-electron chi connectivity index (χ3n) is 3.91. The fraction of sp³-hybridized carbons (Fsp3) is 0.923. The molecule has 0 aromatic heterocycles. The van der Waals surface area contributed by atoms with Gasteiger partial charge in [-0.1, -0.05) is 20.3 Å². The van der Waals surface area contributed by atoms with Gasteiger partial charge in [0.15, 0.2) is 0 Å². The van der Waals surface area contributed by atoms with Gasteiger partial charge in [-0.2, -0.15) is 0 Å². The van der Waals surface area contributed by atoms with Gasteiger partial charge >= 0.3 is 0 Å². The van der Waals surface area contributed by atoms with Crippen molar-refractivity contribution in [3.63, 3.8) is 0 Å². The Hall–Kier alpha value is -0.570. The van der Waals surface area contributed by atoms with Crippen LogP contribution in [0.5, 0.6) is 0 Å². The van der Waals surface area contributed by atoms with E-state index in [2.05, 4.69) is 6.92 Å². The van der Waals surface area contributed by atoms with Crippen LogP contribution in [-0.2, 0) is 4.79 Å². The molecule has 3 nitrogen and oxygen atoms in total. The molecule has 0 aliphatic carbocycles. The van der Waals surface area contributed by atoms with Crippen molar-refractivity contribution in [2.45, 2.75) is 52.5 Å². The molecule has 2 N–H and O–H groups in total. The lowest BCUT2D eigenvalue weighted by Crippen LogP contribution is -2.42. The summed E-state index contributed by atoms with van der Waals surface area (Å²) < 4.78 is 0. The first-order valence-electron chi connectivity index (χ1n) is 6.60. The molecular formula is C13H26N2O. The average Bonchev–Trinajstić information content (AvgIpc) is 2.51. The molecule has 0 aromatic carbocycles. The van der Waals surface area contributed by atoms with Gasteiger partial charge in [0, 0.05) is 19.1 Å². The number of rotatable bonds is 3. The maximum atomic E-state index is 12.1. The van der Waals surface area contributed by atoms with Crippen molar-refractivity contribution >= 4 is 5.91 Å². The lowest BCUT2D eigenvalue weighted by atomic mass is 9.98. The highest BCUT2D eigenvalue weighted by Gasteiger charge is 2.25. The molecule has 1 fully saturated rings. The first-order valence-corrected chi connectivity index (χ1v) is 6.60. The van der Waals surface area contributed by atoms with Crippen LogP contribution in [0, 0.1) is 11.8 Å². The molecule has 1 aliphatic rings. The van der Waals surface area contributed by atoms with Gasteiger partial charge in [0.1, 0.15) is 0 Å². The summed E-state index contributed by atoms with van der Waals surface area (Å²) in [5.41, 5.74) is 5.79. The first-order chi connectivity index (χ1) is 7.56. The zero-order valence-electron chi connectivity index (χ0n) is 10.9. The molecule has 0 radical (unpaired) electrons. The van der Waals surface area contributed by atoms with E-state index in [-0.39, 0.29) is 17.9 Å². The van der Waals surface area contributed by atoms with Gasteiger partial charge in [-0.3, -0.25) is 4.79 Å². The molecule has 3 unspecified atom stereocenters. The van der Waals surface area contributed by atoms with E-state index < -0.39 is 0 Å². The van der Waals surface area contributed by atoms with Gasteiger partial charge in [-0.25, -0.2) is 0 Å². The average molecular weight is 226 g/mol. The van der Waals surface area contributed by atoms with E-state index in [0.29, 0.717) is 0 Å². The number of carbonyl (C=O) groups excluding carboxylic acids is 1. The molecule has 0 aromatic rings. The number of carbonyl (C=O) groups is 1. The van der Waals surface area contributed by atoms with Gasteiger partial charge in [0.2, 0.25) is 5.91 Å². The van der Waals surface area contributed by atoms with Crippen LogP contribution in [0.25, 0.3) is 0 Å². The van der Waals surface area contributed by atoms with Crippen LogP contribution < -0.4 is 5.73 Å². The summed E-state index contributed by atoms with van der Waals surface area (Å²) in [6.07, 6.45) is 4.82. The van der Waals surface area contributed by atoms with E-state index in [1.807, 2.05) is 18.7 Å². The summed E-state index contributed by atoms with van der Waals surface area (Å²) in [6.45, 7) is 7.94. The smallest absolute Gasteiger partial charge is 0.226 e. The third kappa shape index (κ3) is 3.48. The van der Waals surface area contributed by atoms with Crippen molar-refractivity contribution < 1.29 is 4.79 Å². The third-order valence-corrected chi connectivity index (χ3v) is 3.91. The second kappa shape index (κ2) is 6.24. The van der Waals surface area contributed by atoms with E-state index in [9.17, 15) is 4.79 Å². The van der Waals surface area contributed by atoms with Gasteiger partial charge < -0.3 is 10.6 Å². The molecule has 1 saturated heterocycles. The van der Waals surface area contributed by atoms with E-state index in [4.69, 9.17) is 5.73 Å². The lowest BCUT2D eigenvalue weighted by Gasteiger charge is -2.26. The second-order valence-electron chi connectivity index (χ2n) is 5.18. The van der Waals surface area contributed by atoms with Crippen LogP contribution >= 0.6 is 0 Å². The van der Waals surface area contributed by atoms with Crippen LogP contribution in [0.3, 0.4) is 0 Å². The molecular weight excluding hydrogens is 200 g/mol.